The van der Waals surface area contributed by atoms with Gasteiger partial charge in [0.2, 0.25) is 5.83 Å². The van der Waals surface area contributed by atoms with Crippen LogP contribution in [0.3, 0.4) is 0 Å². The van der Waals surface area contributed by atoms with Crippen molar-refractivity contribution >= 4 is 0 Å². The zero-order chi connectivity index (χ0) is 16.4. The molecule has 13 heteroatoms. The highest BCUT2D eigenvalue weighted by Crippen LogP contribution is 2.70. The molecule has 1 heterocycles. The van der Waals surface area contributed by atoms with Gasteiger partial charge in [0, 0.05) is 0 Å². The molecule has 0 saturated carbocycles. The Hall–Kier alpha value is -1.14. The van der Waals surface area contributed by atoms with Crippen molar-refractivity contribution in [3.05, 3.63) is 11.9 Å². The SMILES string of the molecule is FC(F)=C(F)C1(F)C(F)(F)OC1(C(F)(F)F)C(F)(F)F. The lowest BCUT2D eigenvalue weighted by Gasteiger charge is -2.56. The Morgan fingerprint density at radius 2 is 1.10 bits per heavy atom. The number of halogens is 12. The van der Waals surface area contributed by atoms with Gasteiger partial charge in [-0.2, -0.15) is 43.9 Å². The van der Waals surface area contributed by atoms with Gasteiger partial charge in [-0.05, 0) is 0 Å². The number of alkyl halides is 9. The maximum absolute atomic E-state index is 13.4. The molecule has 1 saturated heterocycles. The van der Waals surface area contributed by atoms with Crippen molar-refractivity contribution in [3.63, 3.8) is 0 Å². The summed E-state index contributed by atoms with van der Waals surface area (Å²) in [6.07, 6.45) is -24.2. The van der Waals surface area contributed by atoms with Crippen molar-refractivity contribution in [2.45, 2.75) is 29.7 Å². The van der Waals surface area contributed by atoms with Gasteiger partial charge in [-0.3, -0.25) is 4.74 Å². The number of rotatable bonds is 1. The van der Waals surface area contributed by atoms with Gasteiger partial charge in [0.25, 0.3) is 0 Å². The van der Waals surface area contributed by atoms with Crippen LogP contribution in [-0.4, -0.2) is 29.7 Å². The minimum absolute atomic E-state index is 2.16. The predicted octanol–water partition coefficient (Wildman–Crippen LogP) is 4.26. The normalized spacial score (nSPS) is 28.8. The van der Waals surface area contributed by atoms with E-state index in [4.69, 9.17) is 0 Å². The van der Waals surface area contributed by atoms with Gasteiger partial charge >= 0.3 is 35.8 Å². The van der Waals surface area contributed by atoms with Gasteiger partial charge in [-0.15, -0.1) is 0 Å². The van der Waals surface area contributed by atoms with Gasteiger partial charge in [0.15, 0.2) is 0 Å². The molecule has 0 radical (unpaired) electrons. The lowest BCUT2D eigenvalue weighted by Crippen LogP contribution is -2.86. The Morgan fingerprint density at radius 3 is 1.30 bits per heavy atom. The molecule has 1 fully saturated rings. The summed E-state index contributed by atoms with van der Waals surface area (Å²) in [5, 5.41) is 0. The van der Waals surface area contributed by atoms with Crippen LogP contribution in [0.4, 0.5) is 52.7 Å². The highest BCUT2D eigenvalue weighted by atomic mass is 19.4. The van der Waals surface area contributed by atoms with E-state index in [1.807, 2.05) is 0 Å². The molecule has 0 spiro atoms. The van der Waals surface area contributed by atoms with E-state index in [-0.39, 0.29) is 0 Å². The minimum atomic E-state index is -6.98. The zero-order valence-electron chi connectivity index (χ0n) is 8.44. The molecule has 1 unspecified atom stereocenters. The summed E-state index contributed by atoms with van der Waals surface area (Å²) in [7, 11) is 0. The topological polar surface area (TPSA) is 9.23 Å². The second-order valence-corrected chi connectivity index (χ2v) is 3.53. The van der Waals surface area contributed by atoms with Crippen LogP contribution in [0.1, 0.15) is 0 Å². The van der Waals surface area contributed by atoms with Crippen LogP contribution in [-0.2, 0) is 4.74 Å². The highest BCUT2D eigenvalue weighted by Gasteiger charge is 3.00. The molecule has 0 aromatic carbocycles. The summed E-state index contributed by atoms with van der Waals surface area (Å²) in [5.74, 6) is -4.21. The third-order valence-corrected chi connectivity index (χ3v) is 2.43. The molecule has 0 amide bonds. The Kier molecular flexibility index (Phi) is 3.34. The third-order valence-electron chi connectivity index (χ3n) is 2.43. The third kappa shape index (κ3) is 1.64. The molecule has 20 heavy (non-hydrogen) atoms. The van der Waals surface area contributed by atoms with Crippen molar-refractivity contribution in [1.82, 2.24) is 0 Å². The van der Waals surface area contributed by atoms with E-state index in [0.717, 1.165) is 0 Å². The highest BCUT2D eigenvalue weighted by molar-refractivity contribution is 5.33. The van der Waals surface area contributed by atoms with E-state index in [1.54, 1.807) is 0 Å². The molecule has 0 aliphatic carbocycles. The van der Waals surface area contributed by atoms with Gasteiger partial charge in [-0.1, -0.05) is 0 Å². The van der Waals surface area contributed by atoms with E-state index in [9.17, 15) is 52.7 Å². The molecule has 1 atom stereocenters. The summed E-state index contributed by atoms with van der Waals surface area (Å²) in [5.41, 5.74) is -12.9. The average Bonchev–Trinajstić information content (AvgIpc) is 2.19. The first-order chi connectivity index (χ1) is 8.56. The van der Waals surface area contributed by atoms with Gasteiger partial charge in [-0.25, -0.2) is 8.78 Å². The molecular formula is C7F12O. The van der Waals surface area contributed by atoms with Crippen molar-refractivity contribution in [2.75, 3.05) is 0 Å². The molecule has 1 nitrogen and oxygen atoms in total. The molecular weight excluding hydrogens is 328 g/mol. The Balaban J connectivity index is 3.71. The van der Waals surface area contributed by atoms with Crippen LogP contribution in [0.5, 0.6) is 0 Å². The largest absolute Gasteiger partial charge is 0.430 e. The van der Waals surface area contributed by atoms with Crippen LogP contribution in [0.15, 0.2) is 11.9 Å². The Labute approximate surface area is 100 Å². The predicted molar refractivity (Wildman–Crippen MR) is 35.1 cm³/mol. The van der Waals surface area contributed by atoms with E-state index in [1.165, 1.54) is 0 Å². The number of ether oxygens (including phenoxy) is 1. The van der Waals surface area contributed by atoms with Crippen LogP contribution >= 0.6 is 0 Å². The fourth-order valence-electron chi connectivity index (χ4n) is 1.57. The summed E-state index contributed by atoms with van der Waals surface area (Å²) in [6.45, 7) is 0. The molecule has 0 aromatic rings. The van der Waals surface area contributed by atoms with Crippen molar-refractivity contribution < 1.29 is 57.4 Å². The van der Waals surface area contributed by atoms with Crippen LogP contribution in [0.2, 0.25) is 0 Å². The monoisotopic (exact) mass is 328 g/mol. The standard InChI is InChI=1S/C7F12O/c8-1(2(9)10)3(11)4(5(12,13)14,6(15,16)17)20-7(3,18)19. The second-order valence-electron chi connectivity index (χ2n) is 3.53. The van der Waals surface area contributed by atoms with Crippen molar-refractivity contribution in [2.24, 2.45) is 0 Å². The first-order valence-corrected chi connectivity index (χ1v) is 4.18. The first-order valence-electron chi connectivity index (χ1n) is 4.18. The number of hydrogen-bond donors (Lipinski definition) is 0. The second kappa shape index (κ2) is 3.95. The van der Waals surface area contributed by atoms with E-state index in [0.29, 0.717) is 0 Å². The van der Waals surface area contributed by atoms with Crippen LogP contribution < -0.4 is 0 Å². The maximum atomic E-state index is 13.4. The van der Waals surface area contributed by atoms with Crippen LogP contribution in [0, 0.1) is 0 Å². The fourth-order valence-corrected chi connectivity index (χ4v) is 1.57. The molecule has 0 bridgehead atoms. The molecule has 1 aliphatic rings. The summed E-state index contributed by atoms with van der Waals surface area (Å²) in [4.78, 5) is 0. The van der Waals surface area contributed by atoms with E-state index in [2.05, 4.69) is 4.74 Å². The van der Waals surface area contributed by atoms with Crippen LogP contribution in [0.25, 0.3) is 0 Å². The molecule has 118 valence electrons. The quantitative estimate of drug-likeness (QED) is 0.654. The average molecular weight is 328 g/mol. The molecule has 0 aromatic heterocycles. The number of hydrogen-bond acceptors (Lipinski definition) is 1. The summed E-state index contributed by atoms with van der Waals surface area (Å²) in [6, 6.07) is 0. The van der Waals surface area contributed by atoms with E-state index < -0.39 is 41.6 Å². The summed E-state index contributed by atoms with van der Waals surface area (Å²) < 4.78 is 150. The molecule has 1 rings (SSSR count). The van der Waals surface area contributed by atoms with Crippen molar-refractivity contribution in [1.29, 1.82) is 0 Å². The fraction of sp³-hybridized carbons (Fsp3) is 0.714. The first kappa shape index (κ1) is 16.9. The maximum Gasteiger partial charge on any atom is 0.430 e. The van der Waals surface area contributed by atoms with Gasteiger partial charge in [0.1, 0.15) is 0 Å². The van der Waals surface area contributed by atoms with Gasteiger partial charge < -0.3 is 0 Å². The minimum Gasteiger partial charge on any atom is -0.288 e. The molecule has 1 aliphatic heterocycles. The van der Waals surface area contributed by atoms with Crippen molar-refractivity contribution in [3.8, 4) is 0 Å². The van der Waals surface area contributed by atoms with E-state index >= 15 is 0 Å². The Morgan fingerprint density at radius 1 is 0.750 bits per heavy atom. The zero-order valence-corrected chi connectivity index (χ0v) is 8.44. The smallest absolute Gasteiger partial charge is 0.288 e. The summed E-state index contributed by atoms with van der Waals surface area (Å²) >= 11 is 0. The molecule has 0 N–H and O–H groups in total. The lowest BCUT2D eigenvalue weighted by atomic mass is 9.75. The Bertz CT molecular complexity index is 426. The van der Waals surface area contributed by atoms with Gasteiger partial charge in [0.05, 0.1) is 0 Å². The lowest BCUT2D eigenvalue weighted by molar-refractivity contribution is -0.568.